The first-order valence-electron chi connectivity index (χ1n) is 4.21. The van der Waals surface area contributed by atoms with Crippen molar-refractivity contribution in [3.05, 3.63) is 35.9 Å². The highest BCUT2D eigenvalue weighted by molar-refractivity contribution is 5.82. The van der Waals surface area contributed by atoms with E-state index in [1.54, 1.807) is 30.3 Å². The number of halogens is 3. The third-order valence-corrected chi connectivity index (χ3v) is 1.59. The number of hydrazone groups is 1. The zero-order valence-electron chi connectivity index (χ0n) is 8.07. The van der Waals surface area contributed by atoms with Gasteiger partial charge in [-0.15, -0.1) is 18.2 Å². The molecule has 0 fully saturated rings. The molecule has 0 spiro atoms. The maximum absolute atomic E-state index is 12.3. The van der Waals surface area contributed by atoms with E-state index in [1.165, 1.54) is 0 Å². The summed E-state index contributed by atoms with van der Waals surface area (Å²) in [6, 6.07) is 8.21. The minimum Gasteiger partial charge on any atom is -0.368 e. The monoisotopic (exact) mass is 230 g/mol. The molecule has 0 unspecified atom stereocenters. The number of benzene rings is 1. The van der Waals surface area contributed by atoms with Gasteiger partial charge in [-0.1, -0.05) is 30.3 Å². The molecule has 0 radical (unpaired) electrons. The standard InChI is InChI=1S/C9H9F3N4/c10-9(11,12)16(8(13)14)15-6-7-4-2-1-3-5-7/h1-6H,(H3,13,14). The number of nitrogens with zero attached hydrogens (tertiary/aromatic N) is 2. The van der Waals surface area contributed by atoms with Crippen molar-refractivity contribution in [2.75, 3.05) is 0 Å². The molecular formula is C9H9F3N4. The summed E-state index contributed by atoms with van der Waals surface area (Å²) in [4.78, 5) is 0. The van der Waals surface area contributed by atoms with Gasteiger partial charge < -0.3 is 5.73 Å². The third-order valence-electron chi connectivity index (χ3n) is 1.59. The molecule has 0 heterocycles. The molecule has 4 nitrogen and oxygen atoms in total. The molecule has 0 amide bonds. The van der Waals surface area contributed by atoms with Crippen molar-refractivity contribution >= 4 is 12.2 Å². The van der Waals surface area contributed by atoms with Crippen LogP contribution in [0.15, 0.2) is 35.4 Å². The Bertz CT molecular complexity index is 385. The van der Waals surface area contributed by atoms with Crippen molar-refractivity contribution in [2.45, 2.75) is 6.30 Å². The molecule has 0 saturated heterocycles. The van der Waals surface area contributed by atoms with Crippen LogP contribution in [0.3, 0.4) is 0 Å². The van der Waals surface area contributed by atoms with Crippen molar-refractivity contribution in [2.24, 2.45) is 10.8 Å². The van der Waals surface area contributed by atoms with E-state index in [2.05, 4.69) is 5.10 Å². The van der Waals surface area contributed by atoms with Crippen molar-refractivity contribution < 1.29 is 13.2 Å². The lowest BCUT2D eigenvalue weighted by Crippen LogP contribution is -2.42. The van der Waals surface area contributed by atoms with Gasteiger partial charge in [-0.25, -0.2) is 0 Å². The molecule has 1 aromatic carbocycles. The van der Waals surface area contributed by atoms with Crippen LogP contribution in [0.1, 0.15) is 5.56 Å². The fourth-order valence-corrected chi connectivity index (χ4v) is 0.928. The molecule has 0 aliphatic carbocycles. The van der Waals surface area contributed by atoms with E-state index in [-0.39, 0.29) is 0 Å². The van der Waals surface area contributed by atoms with Crippen LogP contribution < -0.4 is 5.73 Å². The molecule has 0 aliphatic heterocycles. The highest BCUT2D eigenvalue weighted by atomic mass is 19.4. The Morgan fingerprint density at radius 2 is 1.88 bits per heavy atom. The maximum Gasteiger partial charge on any atom is 0.507 e. The summed E-state index contributed by atoms with van der Waals surface area (Å²) >= 11 is 0. The molecule has 0 bridgehead atoms. The Hall–Kier alpha value is -2.05. The average Bonchev–Trinajstić information content (AvgIpc) is 2.17. The lowest BCUT2D eigenvalue weighted by atomic mass is 10.2. The fourth-order valence-electron chi connectivity index (χ4n) is 0.928. The number of nitrogens with one attached hydrogen (secondary N) is 1. The Morgan fingerprint density at radius 1 is 1.31 bits per heavy atom. The smallest absolute Gasteiger partial charge is 0.368 e. The first-order valence-corrected chi connectivity index (χ1v) is 4.21. The molecule has 16 heavy (non-hydrogen) atoms. The van der Waals surface area contributed by atoms with Gasteiger partial charge in [0.05, 0.1) is 6.21 Å². The Labute approximate surface area is 89.7 Å². The topological polar surface area (TPSA) is 65.5 Å². The normalized spacial score (nSPS) is 11.7. The van der Waals surface area contributed by atoms with Gasteiger partial charge in [0.1, 0.15) is 0 Å². The summed E-state index contributed by atoms with van der Waals surface area (Å²) < 4.78 is 36.8. The van der Waals surface area contributed by atoms with Gasteiger partial charge in [0.15, 0.2) is 0 Å². The van der Waals surface area contributed by atoms with Crippen molar-refractivity contribution in [1.82, 2.24) is 5.01 Å². The summed E-state index contributed by atoms with van der Waals surface area (Å²) in [7, 11) is 0. The molecule has 3 N–H and O–H groups in total. The van der Waals surface area contributed by atoms with Crippen molar-refractivity contribution in [1.29, 1.82) is 5.41 Å². The first kappa shape index (κ1) is 12.0. The predicted octanol–water partition coefficient (Wildman–Crippen LogP) is 1.74. The van der Waals surface area contributed by atoms with E-state index < -0.39 is 17.3 Å². The summed E-state index contributed by atoms with van der Waals surface area (Å²) in [6.45, 7) is 0. The molecule has 1 rings (SSSR count). The third kappa shape index (κ3) is 3.26. The number of guanidine groups is 1. The Balaban J connectivity index is 2.85. The van der Waals surface area contributed by atoms with Crippen LogP contribution in [0.4, 0.5) is 13.2 Å². The minimum absolute atomic E-state index is 0.484. The van der Waals surface area contributed by atoms with Gasteiger partial charge in [-0.3, -0.25) is 5.41 Å². The van der Waals surface area contributed by atoms with E-state index in [0.717, 1.165) is 6.21 Å². The van der Waals surface area contributed by atoms with E-state index in [4.69, 9.17) is 11.1 Å². The molecule has 86 valence electrons. The van der Waals surface area contributed by atoms with Gasteiger partial charge in [-0.2, -0.15) is 5.10 Å². The zero-order valence-corrected chi connectivity index (χ0v) is 8.07. The van der Waals surface area contributed by atoms with Crippen LogP contribution in [0.25, 0.3) is 0 Å². The number of nitrogens with two attached hydrogens (primary N) is 1. The maximum atomic E-state index is 12.3. The number of hydrogen-bond acceptors (Lipinski definition) is 2. The fraction of sp³-hybridized carbons (Fsp3) is 0.111. The molecule has 0 aliphatic rings. The van der Waals surface area contributed by atoms with Crippen LogP contribution in [-0.4, -0.2) is 23.5 Å². The number of rotatable bonds is 2. The highest BCUT2D eigenvalue weighted by Crippen LogP contribution is 2.20. The lowest BCUT2D eigenvalue weighted by molar-refractivity contribution is -0.218. The molecular weight excluding hydrogens is 221 g/mol. The van der Waals surface area contributed by atoms with Crippen molar-refractivity contribution in [3.63, 3.8) is 0 Å². The minimum atomic E-state index is -4.79. The zero-order chi connectivity index (χ0) is 12.2. The second-order valence-corrected chi connectivity index (χ2v) is 2.82. The van der Waals surface area contributed by atoms with E-state index >= 15 is 0 Å². The Kier molecular flexibility index (Phi) is 3.49. The van der Waals surface area contributed by atoms with Crippen LogP contribution in [-0.2, 0) is 0 Å². The summed E-state index contributed by atoms with van der Waals surface area (Å²) in [5, 5.41) is 9.33. The van der Waals surface area contributed by atoms with E-state index in [9.17, 15) is 13.2 Å². The first-order chi connectivity index (χ1) is 7.41. The highest BCUT2D eigenvalue weighted by Gasteiger charge is 2.38. The largest absolute Gasteiger partial charge is 0.507 e. The quantitative estimate of drug-likeness (QED) is 0.351. The lowest BCUT2D eigenvalue weighted by Gasteiger charge is -2.18. The molecule has 0 saturated carbocycles. The van der Waals surface area contributed by atoms with Gasteiger partial charge in [0.25, 0.3) is 0 Å². The molecule has 0 atom stereocenters. The van der Waals surface area contributed by atoms with Crippen LogP contribution in [0.2, 0.25) is 0 Å². The van der Waals surface area contributed by atoms with Crippen LogP contribution >= 0.6 is 0 Å². The van der Waals surface area contributed by atoms with Gasteiger partial charge >= 0.3 is 6.30 Å². The van der Waals surface area contributed by atoms with Crippen LogP contribution in [0, 0.1) is 5.41 Å². The summed E-state index contributed by atoms with van der Waals surface area (Å²) in [5.74, 6) is -1.18. The van der Waals surface area contributed by atoms with E-state index in [1.807, 2.05) is 0 Å². The second kappa shape index (κ2) is 4.65. The van der Waals surface area contributed by atoms with Gasteiger partial charge in [0, 0.05) is 0 Å². The number of hydrogen-bond donors (Lipinski definition) is 2. The Morgan fingerprint density at radius 3 is 2.31 bits per heavy atom. The average molecular weight is 230 g/mol. The molecule has 1 aromatic rings. The van der Waals surface area contributed by atoms with Gasteiger partial charge in [0.2, 0.25) is 5.96 Å². The SMILES string of the molecule is N=C(N)N(N=Cc1ccccc1)C(F)(F)F. The second-order valence-electron chi connectivity index (χ2n) is 2.82. The van der Waals surface area contributed by atoms with Crippen LogP contribution in [0.5, 0.6) is 0 Å². The number of alkyl halides is 3. The molecule has 7 heteroatoms. The van der Waals surface area contributed by atoms with Gasteiger partial charge in [-0.05, 0) is 5.56 Å². The predicted molar refractivity (Wildman–Crippen MR) is 53.8 cm³/mol. The van der Waals surface area contributed by atoms with E-state index in [0.29, 0.717) is 5.56 Å². The van der Waals surface area contributed by atoms with Crippen molar-refractivity contribution in [3.8, 4) is 0 Å². The summed E-state index contributed by atoms with van der Waals surface area (Å²) in [6.07, 6.45) is -3.81. The molecule has 0 aromatic heterocycles. The summed E-state index contributed by atoms with van der Waals surface area (Å²) in [5.41, 5.74) is 5.25.